The van der Waals surface area contributed by atoms with E-state index in [4.69, 9.17) is 14.5 Å². The van der Waals surface area contributed by atoms with E-state index in [1.165, 1.54) is 4.68 Å². The van der Waals surface area contributed by atoms with Crippen LogP contribution >= 0.6 is 0 Å². The third-order valence-corrected chi connectivity index (χ3v) is 5.49. The second-order valence-electron chi connectivity index (χ2n) is 8.05. The van der Waals surface area contributed by atoms with Crippen molar-refractivity contribution in [2.75, 3.05) is 18.5 Å². The lowest BCUT2D eigenvalue weighted by Crippen LogP contribution is -2.38. The van der Waals surface area contributed by atoms with Gasteiger partial charge in [0.25, 0.3) is 0 Å². The van der Waals surface area contributed by atoms with Gasteiger partial charge in [-0.05, 0) is 17.9 Å². The molecule has 4 rings (SSSR count). The van der Waals surface area contributed by atoms with Gasteiger partial charge in [0.15, 0.2) is 0 Å². The molecule has 0 saturated carbocycles. The molecule has 0 unspecified atom stereocenters. The van der Waals surface area contributed by atoms with Gasteiger partial charge in [-0.2, -0.15) is 10.1 Å². The molecule has 1 aliphatic rings. The molecule has 160 valence electrons. The highest BCUT2D eigenvalue weighted by Gasteiger charge is 2.23. The minimum Gasteiger partial charge on any atom is -0.456 e. The van der Waals surface area contributed by atoms with Crippen LogP contribution in [0.3, 0.4) is 0 Å². The maximum absolute atomic E-state index is 11.9. The standard InChI is InChI=1S/C21H28N6O3/c1-4-15(14(2)3)9-26-6-5-16-7-22-21(25-20(16)26)24-17-8-23-27(10-17)11-19(28)30-18-12-29-13-18/h5-8,10,14-15,18H,4,9,11-13H2,1-3H3,(H,22,24,25)/t15-/m1/s1. The number of rotatable bonds is 9. The molecule has 0 amide bonds. The Morgan fingerprint density at radius 3 is 2.90 bits per heavy atom. The molecule has 1 N–H and O–H groups in total. The van der Waals surface area contributed by atoms with Crippen LogP contribution in [0.5, 0.6) is 0 Å². The number of esters is 1. The summed E-state index contributed by atoms with van der Waals surface area (Å²) in [6.45, 7) is 8.66. The van der Waals surface area contributed by atoms with Crippen LogP contribution in [0.1, 0.15) is 27.2 Å². The van der Waals surface area contributed by atoms with Crippen molar-refractivity contribution in [1.29, 1.82) is 0 Å². The van der Waals surface area contributed by atoms with E-state index >= 15 is 0 Å². The minimum absolute atomic E-state index is 0.0501. The van der Waals surface area contributed by atoms with Crippen LogP contribution in [0.2, 0.25) is 0 Å². The zero-order chi connectivity index (χ0) is 21.1. The first-order valence-corrected chi connectivity index (χ1v) is 10.4. The van der Waals surface area contributed by atoms with Gasteiger partial charge >= 0.3 is 5.97 Å². The monoisotopic (exact) mass is 412 g/mol. The molecule has 0 aliphatic carbocycles. The normalized spacial score (nSPS) is 15.3. The van der Waals surface area contributed by atoms with Crippen LogP contribution < -0.4 is 5.32 Å². The number of carbonyl (C=O) groups is 1. The van der Waals surface area contributed by atoms with Gasteiger partial charge in [-0.1, -0.05) is 27.2 Å². The highest BCUT2D eigenvalue weighted by molar-refractivity contribution is 5.76. The lowest BCUT2D eigenvalue weighted by atomic mass is 9.93. The summed E-state index contributed by atoms with van der Waals surface area (Å²) < 4.78 is 14.0. The topological polar surface area (TPSA) is 96.1 Å². The minimum atomic E-state index is -0.330. The van der Waals surface area contributed by atoms with E-state index < -0.39 is 0 Å². The average molecular weight is 412 g/mol. The molecule has 1 atom stereocenters. The fourth-order valence-electron chi connectivity index (χ4n) is 3.52. The van der Waals surface area contributed by atoms with Crippen molar-refractivity contribution in [3.05, 3.63) is 30.9 Å². The summed E-state index contributed by atoms with van der Waals surface area (Å²) >= 11 is 0. The van der Waals surface area contributed by atoms with Crippen LogP contribution in [-0.4, -0.2) is 49.6 Å². The van der Waals surface area contributed by atoms with Crippen LogP contribution in [-0.2, 0) is 27.4 Å². The second-order valence-corrected chi connectivity index (χ2v) is 8.05. The Balaban J connectivity index is 1.43. The van der Waals surface area contributed by atoms with Gasteiger partial charge in [-0.15, -0.1) is 0 Å². The third-order valence-electron chi connectivity index (χ3n) is 5.49. The highest BCUT2D eigenvalue weighted by atomic mass is 16.6. The van der Waals surface area contributed by atoms with Crippen molar-refractivity contribution >= 4 is 28.6 Å². The molecule has 9 nitrogen and oxygen atoms in total. The summed E-state index contributed by atoms with van der Waals surface area (Å²) in [5.41, 5.74) is 1.62. The maximum Gasteiger partial charge on any atom is 0.328 e. The van der Waals surface area contributed by atoms with Crippen molar-refractivity contribution in [2.45, 2.75) is 46.4 Å². The molecule has 1 saturated heterocycles. The van der Waals surface area contributed by atoms with Crippen LogP contribution in [0, 0.1) is 11.8 Å². The quantitative estimate of drug-likeness (QED) is 0.540. The summed E-state index contributed by atoms with van der Waals surface area (Å²) in [4.78, 5) is 21.0. The smallest absolute Gasteiger partial charge is 0.328 e. The number of ether oxygens (including phenoxy) is 2. The van der Waals surface area contributed by atoms with Crippen molar-refractivity contribution in [1.82, 2.24) is 24.3 Å². The molecular formula is C21H28N6O3. The van der Waals surface area contributed by atoms with Gasteiger partial charge in [0, 0.05) is 30.5 Å². The second kappa shape index (κ2) is 8.83. The molecule has 3 aromatic heterocycles. The molecular weight excluding hydrogens is 384 g/mol. The number of anilines is 2. The first-order valence-electron chi connectivity index (χ1n) is 10.4. The van der Waals surface area contributed by atoms with E-state index in [9.17, 15) is 4.79 Å². The lowest BCUT2D eigenvalue weighted by molar-refractivity contribution is -0.173. The Bertz CT molecular complexity index is 1010. The summed E-state index contributed by atoms with van der Waals surface area (Å²) in [5, 5.41) is 8.39. The molecule has 0 bridgehead atoms. The van der Waals surface area contributed by atoms with Crippen molar-refractivity contribution in [3.63, 3.8) is 0 Å². The molecule has 0 aromatic carbocycles. The van der Waals surface area contributed by atoms with E-state index in [2.05, 4.69) is 46.9 Å². The predicted molar refractivity (Wildman–Crippen MR) is 112 cm³/mol. The zero-order valence-electron chi connectivity index (χ0n) is 17.6. The fourth-order valence-corrected chi connectivity index (χ4v) is 3.52. The first kappa shape index (κ1) is 20.3. The number of carbonyl (C=O) groups excluding carboxylic acids is 1. The summed E-state index contributed by atoms with van der Waals surface area (Å²) in [6, 6.07) is 2.04. The molecule has 3 aromatic rings. The molecule has 1 aliphatic heterocycles. The van der Waals surface area contributed by atoms with Crippen LogP contribution in [0.15, 0.2) is 30.9 Å². The Kier molecular flexibility index (Phi) is 5.98. The van der Waals surface area contributed by atoms with Crippen LogP contribution in [0.25, 0.3) is 11.0 Å². The third kappa shape index (κ3) is 4.62. The maximum atomic E-state index is 11.9. The van der Waals surface area contributed by atoms with Crippen molar-refractivity contribution in [3.8, 4) is 0 Å². The largest absolute Gasteiger partial charge is 0.456 e. The highest BCUT2D eigenvalue weighted by Crippen LogP contribution is 2.22. The van der Waals surface area contributed by atoms with Gasteiger partial charge in [0.2, 0.25) is 5.95 Å². The van der Waals surface area contributed by atoms with Crippen LogP contribution in [0.4, 0.5) is 11.6 Å². The molecule has 4 heterocycles. The number of nitrogens with one attached hydrogen (secondary N) is 1. The number of hydrogen-bond donors (Lipinski definition) is 1. The molecule has 0 radical (unpaired) electrons. The Morgan fingerprint density at radius 1 is 1.37 bits per heavy atom. The molecule has 30 heavy (non-hydrogen) atoms. The van der Waals surface area contributed by atoms with Gasteiger partial charge < -0.3 is 19.4 Å². The van der Waals surface area contributed by atoms with E-state index in [-0.39, 0.29) is 18.6 Å². The van der Waals surface area contributed by atoms with E-state index in [0.29, 0.717) is 36.7 Å². The van der Waals surface area contributed by atoms with Gasteiger partial charge in [-0.3, -0.25) is 9.48 Å². The zero-order valence-corrected chi connectivity index (χ0v) is 17.6. The predicted octanol–water partition coefficient (Wildman–Crippen LogP) is 3.00. The van der Waals surface area contributed by atoms with Crippen molar-refractivity contribution < 1.29 is 14.3 Å². The molecule has 1 fully saturated rings. The van der Waals surface area contributed by atoms with E-state index in [0.717, 1.165) is 24.0 Å². The molecule has 0 spiro atoms. The number of fused-ring (bicyclic) bond motifs is 1. The summed E-state index contributed by atoms with van der Waals surface area (Å²) in [6.07, 6.45) is 8.26. The SMILES string of the molecule is CC[C@H](Cn1ccc2cnc(Nc3cnn(CC(=O)OC4COC4)c3)nc21)C(C)C. The van der Waals surface area contributed by atoms with Gasteiger partial charge in [0.05, 0.1) is 25.1 Å². The number of hydrogen-bond acceptors (Lipinski definition) is 7. The average Bonchev–Trinajstić information content (AvgIpc) is 3.29. The van der Waals surface area contributed by atoms with Gasteiger partial charge in [0.1, 0.15) is 18.3 Å². The number of aromatic nitrogens is 5. The lowest BCUT2D eigenvalue weighted by Gasteiger charge is -2.25. The Hall–Kier alpha value is -2.94. The fraction of sp³-hybridized carbons (Fsp3) is 0.524. The number of nitrogens with zero attached hydrogens (tertiary/aromatic N) is 5. The Labute approximate surface area is 175 Å². The first-order chi connectivity index (χ1) is 14.5. The summed E-state index contributed by atoms with van der Waals surface area (Å²) in [7, 11) is 0. The molecule has 9 heteroatoms. The van der Waals surface area contributed by atoms with E-state index in [1.54, 1.807) is 12.4 Å². The Morgan fingerprint density at radius 2 is 2.20 bits per heavy atom. The summed E-state index contributed by atoms with van der Waals surface area (Å²) in [5.74, 6) is 1.37. The van der Waals surface area contributed by atoms with Gasteiger partial charge in [-0.25, -0.2) is 4.98 Å². The van der Waals surface area contributed by atoms with Crippen molar-refractivity contribution in [2.24, 2.45) is 11.8 Å². The van der Waals surface area contributed by atoms with E-state index in [1.807, 2.05) is 12.3 Å².